The van der Waals surface area contributed by atoms with Crippen molar-refractivity contribution in [3.05, 3.63) is 101 Å². The smallest absolute Gasteiger partial charge is 0.278 e. The summed E-state index contributed by atoms with van der Waals surface area (Å²) in [5.41, 5.74) is 3.20. The van der Waals surface area contributed by atoms with Crippen LogP contribution in [0.1, 0.15) is 16.7 Å². The van der Waals surface area contributed by atoms with Crippen molar-refractivity contribution in [3.63, 3.8) is 0 Å². The lowest BCUT2D eigenvalue weighted by Gasteiger charge is -2.22. The van der Waals surface area contributed by atoms with Crippen molar-refractivity contribution in [2.45, 2.75) is 13.1 Å². The summed E-state index contributed by atoms with van der Waals surface area (Å²) in [5, 5.41) is 0. The van der Waals surface area contributed by atoms with Crippen molar-refractivity contribution in [2.75, 3.05) is 21.3 Å². The molecule has 2 amide bonds. The molecule has 0 bridgehead atoms. The van der Waals surface area contributed by atoms with Gasteiger partial charge in [-0.3, -0.25) is 14.5 Å². The number of likely N-dealkylation sites (N-methyl/N-ethyl adjacent to an activating group) is 1. The zero-order chi connectivity index (χ0) is 23.4. The average Bonchev–Trinajstić information content (AvgIpc) is 3.09. The Kier molecular flexibility index (Phi) is 6.45. The fourth-order valence-electron chi connectivity index (χ4n) is 4.00. The molecule has 6 nitrogen and oxygen atoms in total. The summed E-state index contributed by atoms with van der Waals surface area (Å²) in [6.07, 6.45) is 0. The van der Waals surface area contributed by atoms with Gasteiger partial charge in [-0.1, -0.05) is 60.7 Å². The van der Waals surface area contributed by atoms with Gasteiger partial charge in [0.15, 0.2) is 0 Å². The van der Waals surface area contributed by atoms with Crippen molar-refractivity contribution in [2.24, 2.45) is 0 Å². The van der Waals surface area contributed by atoms with Crippen molar-refractivity contribution in [3.8, 4) is 11.5 Å². The molecule has 0 aromatic heterocycles. The Bertz CT molecular complexity index is 1190. The third kappa shape index (κ3) is 4.46. The molecule has 33 heavy (non-hydrogen) atoms. The molecule has 0 saturated carbocycles. The van der Waals surface area contributed by atoms with E-state index in [4.69, 9.17) is 9.47 Å². The van der Waals surface area contributed by atoms with E-state index in [0.29, 0.717) is 34.9 Å². The van der Waals surface area contributed by atoms with Gasteiger partial charge in [0.1, 0.15) is 17.2 Å². The van der Waals surface area contributed by atoms with Crippen LogP contribution in [0.15, 0.2) is 84.6 Å². The maximum absolute atomic E-state index is 13.6. The van der Waals surface area contributed by atoms with Gasteiger partial charge in [0, 0.05) is 19.2 Å². The molecule has 0 unspecified atom stereocenters. The second-order valence-electron chi connectivity index (χ2n) is 7.81. The number of carbonyl (C=O) groups is 2. The minimum atomic E-state index is -0.338. The minimum absolute atomic E-state index is 0.170. The highest BCUT2D eigenvalue weighted by atomic mass is 16.5. The lowest BCUT2D eigenvalue weighted by molar-refractivity contribution is -0.138. The number of hydrogen-bond donors (Lipinski definition) is 0. The van der Waals surface area contributed by atoms with Gasteiger partial charge in [0.05, 0.1) is 26.3 Å². The van der Waals surface area contributed by atoms with Crippen LogP contribution in [0.5, 0.6) is 11.5 Å². The lowest BCUT2D eigenvalue weighted by atomic mass is 10.0. The van der Waals surface area contributed by atoms with Crippen molar-refractivity contribution in [1.29, 1.82) is 0 Å². The first-order valence-electron chi connectivity index (χ1n) is 10.6. The third-order valence-electron chi connectivity index (χ3n) is 5.66. The fraction of sp³-hybridized carbons (Fsp3) is 0.185. The summed E-state index contributed by atoms with van der Waals surface area (Å²) in [7, 11) is 4.99. The molecule has 0 spiro atoms. The largest absolute Gasteiger partial charge is 0.497 e. The monoisotopic (exact) mass is 442 g/mol. The molecule has 0 aliphatic carbocycles. The molecular formula is C27H26N2O4. The Morgan fingerprint density at radius 1 is 0.758 bits per heavy atom. The quantitative estimate of drug-likeness (QED) is 0.492. The van der Waals surface area contributed by atoms with Crippen LogP contribution in [-0.4, -0.2) is 42.9 Å². The Balaban J connectivity index is 1.73. The van der Waals surface area contributed by atoms with Gasteiger partial charge in [-0.15, -0.1) is 0 Å². The van der Waals surface area contributed by atoms with Crippen molar-refractivity contribution >= 4 is 17.4 Å². The topological polar surface area (TPSA) is 59.1 Å². The zero-order valence-electron chi connectivity index (χ0n) is 18.9. The molecular weight excluding hydrogens is 416 g/mol. The Labute approximate surface area is 193 Å². The lowest BCUT2D eigenvalue weighted by Crippen LogP contribution is -2.33. The van der Waals surface area contributed by atoms with Gasteiger partial charge >= 0.3 is 0 Å². The van der Waals surface area contributed by atoms with E-state index < -0.39 is 0 Å². The van der Waals surface area contributed by atoms with E-state index in [2.05, 4.69) is 0 Å². The number of ether oxygens (including phenoxy) is 2. The van der Waals surface area contributed by atoms with Gasteiger partial charge in [0.25, 0.3) is 11.8 Å². The molecule has 6 heteroatoms. The number of hydrogen-bond acceptors (Lipinski definition) is 5. The van der Waals surface area contributed by atoms with Crippen LogP contribution in [0.25, 0.3) is 5.57 Å². The first-order chi connectivity index (χ1) is 16.0. The molecule has 1 aliphatic heterocycles. The maximum Gasteiger partial charge on any atom is 0.278 e. The summed E-state index contributed by atoms with van der Waals surface area (Å²) in [6.45, 7) is 0.660. The molecule has 0 N–H and O–H groups in total. The van der Waals surface area contributed by atoms with E-state index >= 15 is 0 Å². The van der Waals surface area contributed by atoms with Crippen molar-refractivity contribution in [1.82, 2.24) is 9.80 Å². The summed E-state index contributed by atoms with van der Waals surface area (Å²) in [5.74, 6) is 0.602. The zero-order valence-corrected chi connectivity index (χ0v) is 18.9. The van der Waals surface area contributed by atoms with E-state index in [1.165, 1.54) is 4.90 Å². The van der Waals surface area contributed by atoms with Crippen LogP contribution >= 0.6 is 0 Å². The number of amides is 2. The van der Waals surface area contributed by atoms with Gasteiger partial charge in [-0.2, -0.15) is 0 Å². The fourth-order valence-corrected chi connectivity index (χ4v) is 4.00. The Morgan fingerprint density at radius 2 is 1.42 bits per heavy atom. The molecule has 3 aromatic carbocycles. The van der Waals surface area contributed by atoms with E-state index in [-0.39, 0.29) is 18.4 Å². The minimum Gasteiger partial charge on any atom is -0.497 e. The number of benzene rings is 3. The predicted octanol–water partition coefficient (Wildman–Crippen LogP) is 4.12. The molecule has 0 saturated heterocycles. The number of carbonyl (C=O) groups excluding carboxylic acids is 2. The number of para-hydroxylation sites is 1. The SMILES string of the molecule is COc1ccc(CN2C(=O)C(c3ccccc3OC)=C(N(C)Cc3ccccc3)C2=O)cc1. The van der Waals surface area contributed by atoms with Crippen LogP contribution in [0.3, 0.4) is 0 Å². The summed E-state index contributed by atoms with van der Waals surface area (Å²) in [4.78, 5) is 30.3. The number of rotatable bonds is 8. The summed E-state index contributed by atoms with van der Waals surface area (Å²) in [6, 6.07) is 24.5. The number of methoxy groups -OCH3 is 2. The van der Waals surface area contributed by atoms with E-state index in [0.717, 1.165) is 11.1 Å². The molecule has 0 atom stereocenters. The molecule has 0 fully saturated rings. The van der Waals surface area contributed by atoms with Crippen LogP contribution < -0.4 is 9.47 Å². The Hall–Kier alpha value is -4.06. The van der Waals surface area contributed by atoms with Crippen molar-refractivity contribution < 1.29 is 19.1 Å². The van der Waals surface area contributed by atoms with E-state index in [9.17, 15) is 9.59 Å². The predicted molar refractivity (Wildman–Crippen MR) is 126 cm³/mol. The van der Waals surface area contributed by atoms with Crippen LogP contribution in [0.4, 0.5) is 0 Å². The summed E-state index contributed by atoms with van der Waals surface area (Å²) < 4.78 is 10.7. The van der Waals surface area contributed by atoms with Crippen LogP contribution in [-0.2, 0) is 22.7 Å². The van der Waals surface area contributed by atoms with Gasteiger partial charge in [-0.05, 0) is 29.3 Å². The van der Waals surface area contributed by atoms with E-state index in [1.807, 2.05) is 84.7 Å². The normalized spacial score (nSPS) is 13.5. The first-order valence-corrected chi connectivity index (χ1v) is 10.6. The molecule has 4 rings (SSSR count). The van der Waals surface area contributed by atoms with Crippen LogP contribution in [0, 0.1) is 0 Å². The highest BCUT2D eigenvalue weighted by Gasteiger charge is 2.41. The van der Waals surface area contributed by atoms with Crippen LogP contribution in [0.2, 0.25) is 0 Å². The third-order valence-corrected chi connectivity index (χ3v) is 5.66. The van der Waals surface area contributed by atoms with E-state index in [1.54, 1.807) is 20.3 Å². The molecule has 3 aromatic rings. The number of imide groups is 1. The highest BCUT2D eigenvalue weighted by molar-refractivity contribution is 6.35. The number of nitrogens with zero attached hydrogens (tertiary/aromatic N) is 2. The van der Waals surface area contributed by atoms with Gasteiger partial charge in [-0.25, -0.2) is 0 Å². The summed E-state index contributed by atoms with van der Waals surface area (Å²) >= 11 is 0. The second-order valence-corrected chi connectivity index (χ2v) is 7.81. The molecule has 1 aliphatic rings. The first kappa shape index (κ1) is 22.1. The maximum atomic E-state index is 13.6. The second kappa shape index (κ2) is 9.61. The molecule has 1 heterocycles. The highest BCUT2D eigenvalue weighted by Crippen LogP contribution is 2.37. The Morgan fingerprint density at radius 3 is 2.09 bits per heavy atom. The molecule has 0 radical (unpaired) electrons. The van der Waals surface area contributed by atoms with Gasteiger partial charge in [0.2, 0.25) is 0 Å². The standard InChI is InChI=1S/C27H26N2O4/c1-28(17-19-9-5-4-6-10-19)25-24(22-11-7-8-12-23(22)33-3)26(30)29(27(25)31)18-20-13-15-21(32-2)16-14-20/h4-16H,17-18H2,1-3H3. The average molecular weight is 443 g/mol. The molecule has 168 valence electrons. The van der Waals surface area contributed by atoms with Gasteiger partial charge < -0.3 is 14.4 Å².